The summed E-state index contributed by atoms with van der Waals surface area (Å²) >= 11 is 0. The summed E-state index contributed by atoms with van der Waals surface area (Å²) in [5, 5.41) is 8.74. The number of nitriles is 1. The fourth-order valence-electron chi connectivity index (χ4n) is 1.32. The zero-order valence-corrected chi connectivity index (χ0v) is 7.76. The van der Waals surface area contributed by atoms with Gasteiger partial charge in [-0.3, -0.25) is 0 Å². The largest absolute Gasteiger partial charge is 0.465 e. The Morgan fingerprint density at radius 3 is 2.69 bits per heavy atom. The molecule has 0 amide bonds. The first-order valence-electron chi connectivity index (χ1n) is 4.07. The van der Waals surface area contributed by atoms with Crippen LogP contribution < -0.4 is 0 Å². The fourth-order valence-corrected chi connectivity index (χ4v) is 1.32. The van der Waals surface area contributed by atoms with Gasteiger partial charge in [0.2, 0.25) is 0 Å². The van der Waals surface area contributed by atoms with Crippen LogP contribution in [-0.2, 0) is 9.53 Å². The predicted molar refractivity (Wildman–Crippen MR) is 47.6 cm³/mol. The third-order valence-electron chi connectivity index (χ3n) is 2.03. The maximum absolute atomic E-state index is 11.1. The molecule has 68 valence electrons. The highest BCUT2D eigenvalue weighted by Gasteiger charge is 2.17. The van der Waals surface area contributed by atoms with Gasteiger partial charge in [-0.05, 0) is 25.3 Å². The number of esters is 1. The van der Waals surface area contributed by atoms with Gasteiger partial charge in [0.05, 0.1) is 7.11 Å². The van der Waals surface area contributed by atoms with Crippen molar-refractivity contribution in [3.8, 4) is 6.07 Å². The molecule has 1 rings (SSSR count). The van der Waals surface area contributed by atoms with Gasteiger partial charge >= 0.3 is 5.97 Å². The standard InChI is InChI=1S/C10H11NO2/c1-7-3-4-8(5-7)9(6-11)10(12)13-2/h5H,3-4H2,1-2H3/b9-8+. The molecule has 0 unspecified atom stereocenters. The topological polar surface area (TPSA) is 50.1 Å². The van der Waals surface area contributed by atoms with Crippen LogP contribution in [0, 0.1) is 11.3 Å². The third-order valence-corrected chi connectivity index (χ3v) is 2.03. The Kier molecular flexibility index (Phi) is 2.86. The lowest BCUT2D eigenvalue weighted by molar-refractivity contribution is -0.135. The van der Waals surface area contributed by atoms with E-state index in [0.29, 0.717) is 0 Å². The first-order chi connectivity index (χ1) is 6.19. The summed E-state index contributed by atoms with van der Waals surface area (Å²) in [4.78, 5) is 11.1. The van der Waals surface area contributed by atoms with Crippen molar-refractivity contribution in [2.45, 2.75) is 19.8 Å². The SMILES string of the molecule is COC(=O)/C(C#N)=C1/C=C(C)CC1. The number of nitrogens with zero attached hydrogens (tertiary/aromatic N) is 1. The summed E-state index contributed by atoms with van der Waals surface area (Å²) in [5.41, 5.74) is 2.14. The average Bonchev–Trinajstić information content (AvgIpc) is 2.53. The highest BCUT2D eigenvalue weighted by molar-refractivity contribution is 5.94. The van der Waals surface area contributed by atoms with Crippen molar-refractivity contribution in [1.82, 2.24) is 0 Å². The van der Waals surface area contributed by atoms with E-state index >= 15 is 0 Å². The molecule has 0 radical (unpaired) electrons. The Balaban J connectivity index is 3.02. The van der Waals surface area contributed by atoms with Gasteiger partial charge < -0.3 is 4.74 Å². The van der Waals surface area contributed by atoms with Gasteiger partial charge in [-0.25, -0.2) is 4.79 Å². The molecule has 0 aliphatic heterocycles. The lowest BCUT2D eigenvalue weighted by Gasteiger charge is -1.98. The van der Waals surface area contributed by atoms with E-state index in [2.05, 4.69) is 4.74 Å². The number of methoxy groups -OCH3 is 1. The molecular formula is C10H11NO2. The molecule has 0 fully saturated rings. The normalized spacial score (nSPS) is 19.0. The minimum absolute atomic E-state index is 0.138. The first-order valence-corrected chi connectivity index (χ1v) is 4.07. The van der Waals surface area contributed by atoms with Gasteiger partial charge in [0.25, 0.3) is 0 Å². The highest BCUT2D eigenvalue weighted by Crippen LogP contribution is 2.25. The molecule has 0 atom stereocenters. The van der Waals surface area contributed by atoms with Crippen LogP contribution in [0.25, 0.3) is 0 Å². The van der Waals surface area contributed by atoms with Crippen LogP contribution >= 0.6 is 0 Å². The maximum Gasteiger partial charge on any atom is 0.348 e. The van der Waals surface area contributed by atoms with Crippen molar-refractivity contribution in [2.75, 3.05) is 7.11 Å². The van der Waals surface area contributed by atoms with Gasteiger partial charge in [0.15, 0.2) is 0 Å². The van der Waals surface area contributed by atoms with Crippen LogP contribution in [0.2, 0.25) is 0 Å². The number of allylic oxidation sites excluding steroid dienone is 3. The number of hydrogen-bond acceptors (Lipinski definition) is 3. The summed E-state index contributed by atoms with van der Waals surface area (Å²) in [7, 11) is 1.28. The van der Waals surface area contributed by atoms with E-state index in [0.717, 1.165) is 18.4 Å². The lowest BCUT2D eigenvalue weighted by Crippen LogP contribution is -2.04. The van der Waals surface area contributed by atoms with Crippen molar-refractivity contribution in [3.63, 3.8) is 0 Å². The molecule has 0 spiro atoms. The third kappa shape index (κ3) is 1.97. The number of carbonyl (C=O) groups excluding carboxylic acids is 1. The van der Waals surface area contributed by atoms with E-state index in [1.807, 2.05) is 19.1 Å². The number of carbonyl (C=O) groups is 1. The first kappa shape index (κ1) is 9.53. The Morgan fingerprint density at radius 2 is 2.31 bits per heavy atom. The van der Waals surface area contributed by atoms with Crippen LogP contribution in [0.3, 0.4) is 0 Å². The summed E-state index contributed by atoms with van der Waals surface area (Å²) < 4.78 is 4.50. The van der Waals surface area contributed by atoms with E-state index in [9.17, 15) is 4.79 Å². The van der Waals surface area contributed by atoms with Crippen LogP contribution in [0.5, 0.6) is 0 Å². The molecule has 0 heterocycles. The van der Waals surface area contributed by atoms with E-state index in [1.165, 1.54) is 12.7 Å². The van der Waals surface area contributed by atoms with E-state index in [-0.39, 0.29) is 5.57 Å². The van der Waals surface area contributed by atoms with E-state index in [4.69, 9.17) is 5.26 Å². The van der Waals surface area contributed by atoms with Gasteiger partial charge in [-0.2, -0.15) is 5.26 Å². The van der Waals surface area contributed by atoms with Crippen molar-refractivity contribution in [1.29, 1.82) is 5.26 Å². The second-order valence-corrected chi connectivity index (χ2v) is 2.99. The number of ether oxygens (including phenoxy) is 1. The minimum Gasteiger partial charge on any atom is -0.465 e. The molecule has 0 aromatic carbocycles. The van der Waals surface area contributed by atoms with Gasteiger partial charge in [0, 0.05) is 0 Å². The summed E-state index contributed by atoms with van der Waals surface area (Å²) in [5.74, 6) is -0.538. The summed E-state index contributed by atoms with van der Waals surface area (Å²) in [6.07, 6.45) is 3.58. The minimum atomic E-state index is -0.538. The number of rotatable bonds is 1. The molecule has 1 aliphatic rings. The highest BCUT2D eigenvalue weighted by atomic mass is 16.5. The monoisotopic (exact) mass is 177 g/mol. The molecule has 0 aromatic rings. The summed E-state index contributed by atoms with van der Waals surface area (Å²) in [6.45, 7) is 1.99. The number of hydrogen-bond donors (Lipinski definition) is 0. The van der Waals surface area contributed by atoms with Crippen molar-refractivity contribution in [2.24, 2.45) is 0 Å². The van der Waals surface area contributed by atoms with Crippen molar-refractivity contribution < 1.29 is 9.53 Å². The predicted octanol–water partition coefficient (Wildman–Crippen LogP) is 1.72. The van der Waals surface area contributed by atoms with Gasteiger partial charge in [0.1, 0.15) is 11.6 Å². The zero-order valence-electron chi connectivity index (χ0n) is 7.76. The molecule has 3 nitrogen and oxygen atoms in total. The van der Waals surface area contributed by atoms with E-state index in [1.54, 1.807) is 0 Å². The smallest absolute Gasteiger partial charge is 0.348 e. The molecule has 0 bridgehead atoms. The molecule has 0 saturated carbocycles. The van der Waals surface area contributed by atoms with Gasteiger partial charge in [-0.1, -0.05) is 11.6 Å². The average molecular weight is 177 g/mol. The lowest BCUT2D eigenvalue weighted by atomic mass is 10.1. The zero-order chi connectivity index (χ0) is 9.84. The molecule has 0 aromatic heterocycles. The van der Waals surface area contributed by atoms with Crippen LogP contribution in [-0.4, -0.2) is 13.1 Å². The molecule has 0 N–H and O–H groups in total. The Labute approximate surface area is 77.3 Å². The second-order valence-electron chi connectivity index (χ2n) is 2.99. The van der Waals surface area contributed by atoms with E-state index < -0.39 is 5.97 Å². The fraction of sp³-hybridized carbons (Fsp3) is 0.400. The Bertz CT molecular complexity index is 331. The van der Waals surface area contributed by atoms with Crippen LogP contribution in [0.4, 0.5) is 0 Å². The van der Waals surface area contributed by atoms with Gasteiger partial charge in [-0.15, -0.1) is 0 Å². The Hall–Kier alpha value is -1.56. The second kappa shape index (κ2) is 3.90. The Morgan fingerprint density at radius 1 is 1.62 bits per heavy atom. The maximum atomic E-state index is 11.1. The van der Waals surface area contributed by atoms with Crippen molar-refractivity contribution >= 4 is 5.97 Å². The van der Waals surface area contributed by atoms with Crippen LogP contribution in [0.15, 0.2) is 22.8 Å². The van der Waals surface area contributed by atoms with Crippen LogP contribution in [0.1, 0.15) is 19.8 Å². The molecule has 1 aliphatic carbocycles. The summed E-state index contributed by atoms with van der Waals surface area (Å²) in [6, 6.07) is 1.88. The molecule has 13 heavy (non-hydrogen) atoms. The van der Waals surface area contributed by atoms with Crippen molar-refractivity contribution in [3.05, 3.63) is 22.8 Å². The quantitative estimate of drug-likeness (QED) is 0.348. The molecule has 3 heteroatoms. The molecule has 0 saturated heterocycles. The molecular weight excluding hydrogens is 166 g/mol.